The highest BCUT2D eigenvalue weighted by atomic mass is 19.1. The van der Waals surface area contributed by atoms with Crippen LogP contribution in [0.3, 0.4) is 0 Å². The summed E-state index contributed by atoms with van der Waals surface area (Å²) in [6.07, 6.45) is 1.85. The van der Waals surface area contributed by atoms with E-state index < -0.39 is 0 Å². The van der Waals surface area contributed by atoms with Gasteiger partial charge in [-0.25, -0.2) is 4.39 Å². The Kier molecular flexibility index (Phi) is 2.95. The number of fused-ring (bicyclic) bond motifs is 2. The summed E-state index contributed by atoms with van der Waals surface area (Å²) in [5.74, 6) is 0.299. The highest BCUT2D eigenvalue weighted by molar-refractivity contribution is 5.39. The van der Waals surface area contributed by atoms with Crippen LogP contribution in [0.2, 0.25) is 0 Å². The van der Waals surface area contributed by atoms with Crippen molar-refractivity contribution >= 4 is 0 Å². The molecule has 1 N–H and O–H groups in total. The molecule has 1 heterocycles. The maximum absolute atomic E-state index is 13.3. The zero-order valence-electron chi connectivity index (χ0n) is 11.9. The summed E-state index contributed by atoms with van der Waals surface area (Å²) in [7, 11) is 0. The predicted molar refractivity (Wildman–Crippen MR) is 73.6 cm³/mol. The van der Waals surface area contributed by atoms with Gasteiger partial charge in [0.05, 0.1) is 5.60 Å². The van der Waals surface area contributed by atoms with Gasteiger partial charge in [0.2, 0.25) is 0 Å². The molecule has 0 bridgehead atoms. The third kappa shape index (κ3) is 2.00. The Hall–Kier alpha value is -0.930. The van der Waals surface area contributed by atoms with Crippen molar-refractivity contribution in [3.8, 4) is 0 Å². The molecule has 1 aliphatic heterocycles. The molecule has 0 amide bonds. The molecule has 3 rings (SSSR count). The second-order valence-corrected chi connectivity index (χ2v) is 6.47. The topological polar surface area (TPSA) is 21.3 Å². The van der Waals surface area contributed by atoms with Gasteiger partial charge in [-0.3, -0.25) is 0 Å². The van der Waals surface area contributed by atoms with Crippen LogP contribution in [-0.2, 0) is 16.8 Å². The van der Waals surface area contributed by atoms with Crippen LogP contribution < -0.4 is 5.32 Å². The predicted octanol–water partition coefficient (Wildman–Crippen LogP) is 3.00. The van der Waals surface area contributed by atoms with Crippen LogP contribution in [0, 0.1) is 11.7 Å². The van der Waals surface area contributed by atoms with Gasteiger partial charge in [0.15, 0.2) is 0 Å². The lowest BCUT2D eigenvalue weighted by Crippen LogP contribution is -2.59. The SMILES string of the molecule is CC(C)C1(C)CNCC2(CCc3cc(F)ccc32)O1. The van der Waals surface area contributed by atoms with Gasteiger partial charge in [-0.05, 0) is 48.9 Å². The Morgan fingerprint density at radius 3 is 2.84 bits per heavy atom. The molecule has 1 fully saturated rings. The minimum absolute atomic E-state index is 0.147. The minimum Gasteiger partial charge on any atom is -0.361 e. The fraction of sp³-hybridized carbons (Fsp3) is 0.625. The maximum atomic E-state index is 13.3. The molecule has 2 unspecified atom stereocenters. The molecule has 1 aliphatic carbocycles. The maximum Gasteiger partial charge on any atom is 0.123 e. The van der Waals surface area contributed by atoms with Crippen LogP contribution in [0.25, 0.3) is 0 Å². The van der Waals surface area contributed by atoms with Crippen molar-refractivity contribution in [1.29, 1.82) is 0 Å². The second-order valence-electron chi connectivity index (χ2n) is 6.47. The van der Waals surface area contributed by atoms with Crippen LogP contribution in [0.15, 0.2) is 18.2 Å². The molecule has 3 heteroatoms. The fourth-order valence-electron chi connectivity index (χ4n) is 3.33. The van der Waals surface area contributed by atoms with E-state index in [9.17, 15) is 4.39 Å². The number of ether oxygens (including phenoxy) is 1. The molecule has 2 aliphatic rings. The molecule has 0 saturated carbocycles. The van der Waals surface area contributed by atoms with Gasteiger partial charge in [0.1, 0.15) is 11.4 Å². The van der Waals surface area contributed by atoms with E-state index in [0.717, 1.165) is 31.5 Å². The van der Waals surface area contributed by atoms with Crippen LogP contribution in [0.5, 0.6) is 0 Å². The standard InChI is InChI=1S/C16H22FNO/c1-11(2)15(3)9-18-10-16(19-15)7-6-12-8-13(17)4-5-14(12)16/h4-5,8,11,18H,6-7,9-10H2,1-3H3. The summed E-state index contributed by atoms with van der Waals surface area (Å²) in [5, 5.41) is 3.53. The summed E-state index contributed by atoms with van der Waals surface area (Å²) in [4.78, 5) is 0. The van der Waals surface area contributed by atoms with E-state index in [1.807, 2.05) is 6.07 Å². The normalized spacial score (nSPS) is 33.9. The first-order valence-corrected chi connectivity index (χ1v) is 7.15. The summed E-state index contributed by atoms with van der Waals surface area (Å²) >= 11 is 0. The molecule has 104 valence electrons. The van der Waals surface area contributed by atoms with Gasteiger partial charge in [-0.15, -0.1) is 0 Å². The highest BCUT2D eigenvalue weighted by Gasteiger charge is 2.48. The minimum atomic E-state index is -0.264. The number of hydrogen-bond donors (Lipinski definition) is 1. The first-order valence-electron chi connectivity index (χ1n) is 7.15. The van der Waals surface area contributed by atoms with E-state index in [1.165, 1.54) is 5.56 Å². The molecule has 1 saturated heterocycles. The largest absolute Gasteiger partial charge is 0.361 e. The summed E-state index contributed by atoms with van der Waals surface area (Å²) in [6, 6.07) is 5.12. The van der Waals surface area contributed by atoms with E-state index in [0.29, 0.717) is 5.92 Å². The van der Waals surface area contributed by atoms with Gasteiger partial charge in [0, 0.05) is 13.1 Å². The number of halogens is 1. The third-order valence-electron chi connectivity index (χ3n) is 4.89. The molecule has 1 aromatic carbocycles. The van der Waals surface area contributed by atoms with Crippen LogP contribution in [-0.4, -0.2) is 18.7 Å². The van der Waals surface area contributed by atoms with Crippen molar-refractivity contribution in [1.82, 2.24) is 5.32 Å². The van der Waals surface area contributed by atoms with Crippen molar-refractivity contribution in [2.75, 3.05) is 13.1 Å². The second kappa shape index (κ2) is 4.29. The van der Waals surface area contributed by atoms with E-state index in [2.05, 4.69) is 26.1 Å². The zero-order chi connectivity index (χ0) is 13.7. The molecule has 1 spiro atoms. The number of nitrogens with one attached hydrogen (secondary N) is 1. The number of hydrogen-bond acceptors (Lipinski definition) is 2. The van der Waals surface area contributed by atoms with Gasteiger partial charge in [-0.1, -0.05) is 19.9 Å². The van der Waals surface area contributed by atoms with Crippen molar-refractivity contribution in [2.45, 2.75) is 44.8 Å². The van der Waals surface area contributed by atoms with Crippen LogP contribution in [0.1, 0.15) is 38.3 Å². The van der Waals surface area contributed by atoms with Gasteiger partial charge in [0.25, 0.3) is 0 Å². The van der Waals surface area contributed by atoms with Crippen molar-refractivity contribution < 1.29 is 9.13 Å². The number of morpholine rings is 1. The van der Waals surface area contributed by atoms with Gasteiger partial charge < -0.3 is 10.1 Å². The van der Waals surface area contributed by atoms with Crippen molar-refractivity contribution in [2.24, 2.45) is 5.92 Å². The lowest BCUT2D eigenvalue weighted by molar-refractivity contribution is -0.193. The molecule has 2 nitrogen and oxygen atoms in total. The van der Waals surface area contributed by atoms with E-state index in [1.54, 1.807) is 12.1 Å². The van der Waals surface area contributed by atoms with E-state index >= 15 is 0 Å². The fourth-order valence-corrected chi connectivity index (χ4v) is 3.33. The quantitative estimate of drug-likeness (QED) is 0.841. The Balaban J connectivity index is 1.98. The zero-order valence-corrected chi connectivity index (χ0v) is 11.9. The molecule has 0 aromatic heterocycles. The summed E-state index contributed by atoms with van der Waals surface area (Å²) < 4.78 is 19.9. The monoisotopic (exact) mass is 263 g/mol. The highest BCUT2D eigenvalue weighted by Crippen LogP contribution is 2.45. The summed E-state index contributed by atoms with van der Waals surface area (Å²) in [6.45, 7) is 8.27. The average Bonchev–Trinajstić information content (AvgIpc) is 2.67. The molecule has 1 aromatic rings. The summed E-state index contributed by atoms with van der Waals surface area (Å²) in [5.41, 5.74) is 1.86. The Morgan fingerprint density at radius 1 is 1.32 bits per heavy atom. The average molecular weight is 263 g/mol. The first kappa shape index (κ1) is 13.1. The van der Waals surface area contributed by atoms with Crippen molar-refractivity contribution in [3.63, 3.8) is 0 Å². The van der Waals surface area contributed by atoms with Crippen molar-refractivity contribution in [3.05, 3.63) is 35.1 Å². The number of aryl methyl sites for hydroxylation is 1. The van der Waals surface area contributed by atoms with Gasteiger partial charge in [-0.2, -0.15) is 0 Å². The molecule has 2 atom stereocenters. The van der Waals surface area contributed by atoms with E-state index in [4.69, 9.17) is 4.74 Å². The molecular formula is C16H22FNO. The Morgan fingerprint density at radius 2 is 2.11 bits per heavy atom. The molecule has 19 heavy (non-hydrogen) atoms. The lowest BCUT2D eigenvalue weighted by Gasteiger charge is -2.48. The Labute approximate surface area is 114 Å². The van der Waals surface area contributed by atoms with Crippen LogP contribution >= 0.6 is 0 Å². The van der Waals surface area contributed by atoms with Gasteiger partial charge >= 0.3 is 0 Å². The van der Waals surface area contributed by atoms with E-state index in [-0.39, 0.29) is 17.0 Å². The van der Waals surface area contributed by atoms with Crippen LogP contribution in [0.4, 0.5) is 4.39 Å². The number of rotatable bonds is 1. The molecule has 0 radical (unpaired) electrons. The third-order valence-corrected chi connectivity index (χ3v) is 4.89. The lowest BCUT2D eigenvalue weighted by atomic mass is 9.85. The first-order chi connectivity index (χ1) is 8.95. The Bertz CT molecular complexity index is 502. The number of benzene rings is 1. The smallest absolute Gasteiger partial charge is 0.123 e. The molecular weight excluding hydrogens is 241 g/mol.